The van der Waals surface area contributed by atoms with Gasteiger partial charge >= 0.3 is 20.1 Å². The van der Waals surface area contributed by atoms with Gasteiger partial charge in [0.2, 0.25) is 0 Å². The number of pyridine rings is 1. The molecule has 2 aromatic heterocycles. The van der Waals surface area contributed by atoms with E-state index in [1.807, 2.05) is 48.7 Å². The van der Waals surface area contributed by atoms with Gasteiger partial charge in [0.25, 0.3) is 0 Å². The first-order valence-corrected chi connectivity index (χ1v) is 19.8. The van der Waals surface area contributed by atoms with Crippen molar-refractivity contribution in [2.24, 2.45) is 0 Å². The van der Waals surface area contributed by atoms with Crippen molar-refractivity contribution in [2.45, 2.75) is 25.8 Å². The predicted octanol–water partition coefficient (Wildman–Crippen LogP) is 11.5. The summed E-state index contributed by atoms with van der Waals surface area (Å²) in [5.41, 5.74) is 8.06. The molecule has 1 unspecified atom stereocenters. The molecule has 0 saturated carbocycles. The minimum Gasteiger partial charge on any atom is -0.661 e. The maximum atomic E-state index is 6.09. The fourth-order valence-corrected chi connectivity index (χ4v) is 7.40. The van der Waals surface area contributed by atoms with Gasteiger partial charge in [-0.05, 0) is 46.7 Å². The Hall–Kier alpha value is -5.00. The second-order valence-electron chi connectivity index (χ2n) is 13.1. The molecular weight excluding hydrogens is 795 g/mol. The summed E-state index contributed by atoms with van der Waals surface area (Å²) in [5, 5.41) is 11.0. The van der Waals surface area contributed by atoms with Gasteiger partial charge in [-0.1, -0.05) is 121 Å². The Balaban J connectivity index is 0.000000160. The number of hydrogen-bond donors (Lipinski definition) is 0. The third-order valence-corrected chi connectivity index (χ3v) is 10.9. The number of nitrogens with zero attached hydrogens (tertiary/aromatic N) is 3. The number of hydrogen-bond acceptors (Lipinski definition) is 3. The van der Waals surface area contributed by atoms with Crippen molar-refractivity contribution < 1.29 is 24.5 Å². The molecule has 6 heteroatoms. The fourth-order valence-electron chi connectivity index (χ4n) is 6.36. The van der Waals surface area contributed by atoms with Gasteiger partial charge in [-0.2, -0.15) is 17.7 Å². The van der Waals surface area contributed by atoms with Crippen LogP contribution >= 0.6 is 0 Å². The van der Waals surface area contributed by atoms with E-state index < -0.39 is 8.07 Å². The molecule has 0 fully saturated rings. The Morgan fingerprint density at radius 1 is 0.714 bits per heavy atom. The molecule has 240 valence electrons. The van der Waals surface area contributed by atoms with Crippen molar-refractivity contribution in [3.63, 3.8) is 0 Å². The van der Waals surface area contributed by atoms with Crippen LogP contribution in [0.2, 0.25) is 19.6 Å². The summed E-state index contributed by atoms with van der Waals surface area (Å²) in [6.07, 6.45) is 1.87. The summed E-state index contributed by atoms with van der Waals surface area (Å²) in [5.74, 6) is 0. The maximum absolute atomic E-state index is 6.09. The Labute approximate surface area is 301 Å². The molecule has 0 spiro atoms. The van der Waals surface area contributed by atoms with Crippen LogP contribution < -0.4 is 10.1 Å². The van der Waals surface area contributed by atoms with E-state index in [0.717, 1.165) is 55.8 Å². The zero-order valence-corrected chi connectivity index (χ0v) is 30.9. The molecule has 1 aliphatic heterocycles. The van der Waals surface area contributed by atoms with Crippen LogP contribution in [-0.2, 0) is 20.1 Å². The van der Waals surface area contributed by atoms with Gasteiger partial charge in [0.05, 0.1) is 8.07 Å². The molecule has 0 amide bonds. The average Bonchev–Trinajstić information content (AvgIpc) is 3.70. The Bertz CT molecular complexity index is 2380. The summed E-state index contributed by atoms with van der Waals surface area (Å²) < 4.78 is 6.09. The van der Waals surface area contributed by atoms with Crippen LogP contribution in [0, 0.1) is 12.1 Å². The van der Waals surface area contributed by atoms with Crippen LogP contribution in [0.15, 0.2) is 150 Å². The molecule has 4 nitrogen and oxygen atoms in total. The molecule has 0 aliphatic carbocycles. The minimum atomic E-state index is -1.28. The van der Waals surface area contributed by atoms with E-state index >= 15 is 0 Å². The number of aromatic nitrogens is 1. The van der Waals surface area contributed by atoms with E-state index in [0.29, 0.717) is 0 Å². The van der Waals surface area contributed by atoms with Crippen LogP contribution in [-0.4, -0.2) is 13.1 Å². The van der Waals surface area contributed by atoms with Gasteiger partial charge in [-0.25, -0.2) is 0 Å². The Morgan fingerprint density at radius 3 is 2.24 bits per heavy atom. The van der Waals surface area contributed by atoms with Gasteiger partial charge in [-0.3, -0.25) is 0 Å². The van der Waals surface area contributed by atoms with E-state index in [1.54, 1.807) is 0 Å². The second-order valence-corrected chi connectivity index (χ2v) is 18.2. The smallest absolute Gasteiger partial charge is 0.661 e. The third kappa shape index (κ3) is 6.31. The van der Waals surface area contributed by atoms with Crippen molar-refractivity contribution >= 4 is 63.0 Å². The monoisotopic (exact) mass is 829 g/mol. The van der Waals surface area contributed by atoms with E-state index in [2.05, 4.69) is 139 Å². The Morgan fingerprint density at radius 2 is 1.45 bits per heavy atom. The fraction of sp³-hybridized carbons (Fsp3) is 0.0930. The third-order valence-electron chi connectivity index (χ3n) is 8.90. The summed E-state index contributed by atoms with van der Waals surface area (Å²) in [4.78, 5) is 6.93. The van der Waals surface area contributed by atoms with Gasteiger partial charge in [0.15, 0.2) is 0 Å². The number of para-hydroxylation sites is 4. The topological polar surface area (TPSA) is 43.4 Å². The molecule has 0 N–H and O–H groups in total. The number of rotatable bonds is 4. The second kappa shape index (κ2) is 13.5. The van der Waals surface area contributed by atoms with E-state index in [4.69, 9.17) is 9.73 Å². The van der Waals surface area contributed by atoms with E-state index in [9.17, 15) is 0 Å². The van der Waals surface area contributed by atoms with Crippen LogP contribution in [0.3, 0.4) is 0 Å². The summed E-state index contributed by atoms with van der Waals surface area (Å²) in [6.45, 7) is 7.02. The van der Waals surface area contributed by atoms with Gasteiger partial charge in [0.1, 0.15) is 5.58 Å². The van der Waals surface area contributed by atoms with Crippen molar-refractivity contribution in [1.29, 1.82) is 0 Å². The summed E-state index contributed by atoms with van der Waals surface area (Å²) >= 11 is 0. The maximum Gasteiger partial charge on any atom is 3.00 e. The molecule has 0 radical (unpaired) electrons. The average molecular weight is 829 g/mol. The normalized spacial score (nSPS) is 13.8. The number of benzene rings is 6. The standard InChI is InChI=1S/C25H16N2O.C18H18NSi.Ir/c1-2-8-18(9-3-1)27-22-12-6-5-11-21(22)26-25(27)17-14-15-20-19-10-4-7-13-23(19)28-24(20)16-17;1-20(2,3)15-11-12-18(19-13-15)17-10-6-8-14-7-4-5-9-16(14)17;/h1-13,15-16,25H;4-9,11-13H,1-3H3;/q-2;-1;+3. The zero-order valence-electron chi connectivity index (χ0n) is 27.5. The molecule has 6 aromatic carbocycles. The van der Waals surface area contributed by atoms with Crippen LogP contribution in [0.5, 0.6) is 0 Å². The molecule has 0 bridgehead atoms. The molecular formula is C43H34IrN3OSi. The number of anilines is 2. The molecule has 1 aliphatic rings. The van der Waals surface area contributed by atoms with Gasteiger partial charge in [0, 0.05) is 23.2 Å². The molecule has 0 saturated heterocycles. The van der Waals surface area contributed by atoms with Crippen LogP contribution in [0.1, 0.15) is 11.7 Å². The van der Waals surface area contributed by atoms with Crippen molar-refractivity contribution in [3.8, 4) is 11.3 Å². The van der Waals surface area contributed by atoms with Crippen LogP contribution in [0.4, 0.5) is 17.1 Å². The zero-order chi connectivity index (χ0) is 32.7. The molecule has 1 atom stereocenters. The number of furan rings is 1. The molecule has 49 heavy (non-hydrogen) atoms. The van der Waals surface area contributed by atoms with Crippen LogP contribution in [0.25, 0.3) is 49.3 Å². The summed E-state index contributed by atoms with van der Waals surface area (Å²) in [6, 6.07) is 54.5. The van der Waals surface area contributed by atoms with E-state index in [1.165, 1.54) is 16.0 Å². The first-order chi connectivity index (χ1) is 23.4. The molecule has 9 rings (SSSR count). The Kier molecular flexibility index (Phi) is 8.95. The first kappa shape index (κ1) is 32.5. The predicted molar refractivity (Wildman–Crippen MR) is 202 cm³/mol. The number of fused-ring (bicyclic) bond motifs is 5. The molecule has 3 heterocycles. The van der Waals surface area contributed by atoms with E-state index in [-0.39, 0.29) is 26.3 Å². The minimum absolute atomic E-state index is 0. The molecule has 8 aromatic rings. The van der Waals surface area contributed by atoms with Crippen molar-refractivity contribution in [2.75, 3.05) is 4.90 Å². The van der Waals surface area contributed by atoms with Gasteiger partial charge in [-0.15, -0.1) is 40.9 Å². The van der Waals surface area contributed by atoms with Gasteiger partial charge < -0.3 is 19.6 Å². The van der Waals surface area contributed by atoms with Crippen molar-refractivity contribution in [1.82, 2.24) is 4.98 Å². The quantitative estimate of drug-likeness (QED) is 0.131. The largest absolute Gasteiger partial charge is 3.00 e. The summed E-state index contributed by atoms with van der Waals surface area (Å²) in [7, 11) is -1.28. The van der Waals surface area contributed by atoms with Crippen molar-refractivity contribution in [3.05, 3.63) is 169 Å². The SMILES string of the molecule is C[Si](C)(C)c1ccc(-c2[c-]ccc3ccccc23)nc1.[Ir+3].[c-]1cc2c(cc1C1[N-]c3ccccc3N1c1ccccc1)oc1ccccc12. The first-order valence-electron chi connectivity index (χ1n) is 16.3.